The van der Waals surface area contributed by atoms with Gasteiger partial charge in [0.15, 0.2) is 0 Å². The van der Waals surface area contributed by atoms with Crippen molar-refractivity contribution in [3.63, 3.8) is 0 Å². The molecule has 0 aromatic rings. The molecule has 1 saturated carbocycles. The van der Waals surface area contributed by atoms with Gasteiger partial charge in [0.25, 0.3) is 0 Å². The van der Waals surface area contributed by atoms with Gasteiger partial charge in [-0.3, -0.25) is 9.59 Å². The summed E-state index contributed by atoms with van der Waals surface area (Å²) in [6.45, 7) is 6.15. The van der Waals surface area contributed by atoms with Crippen LogP contribution >= 0.6 is 0 Å². The minimum absolute atomic E-state index is 0.0488. The largest absolute Gasteiger partial charge is 0.481 e. The monoisotopic (exact) mass is 253 g/mol. The lowest BCUT2D eigenvalue weighted by Gasteiger charge is -2.38. The molecule has 2 rings (SSSR count). The molecule has 2 atom stereocenters. The second kappa shape index (κ2) is 4.90. The van der Waals surface area contributed by atoms with E-state index in [1.54, 1.807) is 0 Å². The molecule has 4 heteroatoms. The number of likely N-dealkylation sites (tertiary alicyclic amines) is 1. The molecule has 2 fully saturated rings. The Morgan fingerprint density at radius 3 is 2.17 bits per heavy atom. The van der Waals surface area contributed by atoms with Gasteiger partial charge in [0.1, 0.15) is 0 Å². The van der Waals surface area contributed by atoms with Crippen LogP contribution in [0, 0.1) is 17.3 Å². The minimum Gasteiger partial charge on any atom is -0.481 e. The maximum atomic E-state index is 12.3. The van der Waals surface area contributed by atoms with Gasteiger partial charge in [-0.2, -0.15) is 0 Å². The Morgan fingerprint density at radius 1 is 1.11 bits per heavy atom. The summed E-state index contributed by atoms with van der Waals surface area (Å²) in [7, 11) is 0. The first-order chi connectivity index (χ1) is 8.39. The normalized spacial score (nSPS) is 31.3. The van der Waals surface area contributed by atoms with E-state index in [1.807, 2.05) is 4.90 Å². The molecular formula is C14H23NO3. The molecule has 0 unspecified atom stereocenters. The summed E-state index contributed by atoms with van der Waals surface area (Å²) in [6, 6.07) is 0. The van der Waals surface area contributed by atoms with Crippen molar-refractivity contribution in [1.82, 2.24) is 4.90 Å². The maximum absolute atomic E-state index is 12.3. The SMILES string of the molecule is CC1(C)CCN(C(=O)[C@@H]2CC[C@H](C(=O)O)C2)CC1. The fourth-order valence-corrected chi connectivity index (χ4v) is 3.02. The number of carbonyl (C=O) groups excluding carboxylic acids is 1. The lowest BCUT2D eigenvalue weighted by Crippen LogP contribution is -2.43. The van der Waals surface area contributed by atoms with E-state index in [0.29, 0.717) is 18.3 Å². The van der Waals surface area contributed by atoms with Crippen molar-refractivity contribution >= 4 is 11.9 Å². The first-order valence-electron chi connectivity index (χ1n) is 6.91. The molecule has 1 aliphatic carbocycles. The molecule has 18 heavy (non-hydrogen) atoms. The molecule has 2 aliphatic rings. The molecule has 0 spiro atoms. The van der Waals surface area contributed by atoms with Crippen molar-refractivity contribution in [2.24, 2.45) is 17.3 Å². The number of carbonyl (C=O) groups is 2. The average molecular weight is 253 g/mol. The van der Waals surface area contributed by atoms with E-state index < -0.39 is 5.97 Å². The van der Waals surface area contributed by atoms with Gasteiger partial charge in [-0.25, -0.2) is 0 Å². The molecule has 0 bridgehead atoms. The first kappa shape index (κ1) is 13.4. The van der Waals surface area contributed by atoms with E-state index in [4.69, 9.17) is 5.11 Å². The summed E-state index contributed by atoms with van der Waals surface area (Å²) >= 11 is 0. The summed E-state index contributed by atoms with van der Waals surface area (Å²) in [4.78, 5) is 25.2. The van der Waals surface area contributed by atoms with E-state index in [0.717, 1.165) is 32.4 Å². The molecule has 1 saturated heterocycles. The fourth-order valence-electron chi connectivity index (χ4n) is 3.02. The number of aliphatic carboxylic acids is 1. The van der Waals surface area contributed by atoms with Crippen molar-refractivity contribution in [2.45, 2.75) is 46.0 Å². The third kappa shape index (κ3) is 2.85. The van der Waals surface area contributed by atoms with E-state index in [9.17, 15) is 9.59 Å². The van der Waals surface area contributed by atoms with Gasteiger partial charge in [0.2, 0.25) is 5.91 Å². The van der Waals surface area contributed by atoms with Crippen molar-refractivity contribution < 1.29 is 14.7 Å². The van der Waals surface area contributed by atoms with Crippen molar-refractivity contribution in [2.75, 3.05) is 13.1 Å². The average Bonchev–Trinajstić information content (AvgIpc) is 2.77. The van der Waals surface area contributed by atoms with Crippen LogP contribution in [0.4, 0.5) is 0 Å². The van der Waals surface area contributed by atoms with Crippen molar-refractivity contribution in [3.8, 4) is 0 Å². The summed E-state index contributed by atoms with van der Waals surface area (Å²) in [6.07, 6.45) is 4.04. The fraction of sp³-hybridized carbons (Fsp3) is 0.857. The second-order valence-electron chi connectivity index (χ2n) is 6.53. The highest BCUT2D eigenvalue weighted by molar-refractivity contribution is 5.81. The van der Waals surface area contributed by atoms with E-state index >= 15 is 0 Å². The lowest BCUT2D eigenvalue weighted by molar-refractivity contribution is -0.142. The topological polar surface area (TPSA) is 57.6 Å². The Bertz CT molecular complexity index is 341. The van der Waals surface area contributed by atoms with Crippen LogP contribution < -0.4 is 0 Å². The van der Waals surface area contributed by atoms with Gasteiger partial charge in [-0.15, -0.1) is 0 Å². The van der Waals surface area contributed by atoms with Crippen LogP contribution in [0.3, 0.4) is 0 Å². The highest BCUT2D eigenvalue weighted by atomic mass is 16.4. The van der Waals surface area contributed by atoms with Crippen LogP contribution in [0.25, 0.3) is 0 Å². The van der Waals surface area contributed by atoms with Crippen LogP contribution in [0.1, 0.15) is 46.0 Å². The quantitative estimate of drug-likeness (QED) is 0.820. The standard InChI is InChI=1S/C14H23NO3/c1-14(2)5-7-15(8-6-14)12(16)10-3-4-11(9-10)13(17)18/h10-11H,3-9H2,1-2H3,(H,17,18)/t10-,11+/m1/s1. The number of carboxylic acids is 1. The van der Waals surface area contributed by atoms with Crippen LogP contribution in [0.5, 0.6) is 0 Å². The Labute approximate surface area is 108 Å². The highest BCUT2D eigenvalue weighted by Gasteiger charge is 2.37. The molecule has 1 N–H and O–H groups in total. The smallest absolute Gasteiger partial charge is 0.306 e. The number of nitrogens with zero attached hydrogens (tertiary/aromatic N) is 1. The zero-order valence-electron chi connectivity index (χ0n) is 11.3. The zero-order chi connectivity index (χ0) is 13.3. The molecule has 0 aromatic heterocycles. The van der Waals surface area contributed by atoms with Gasteiger partial charge < -0.3 is 10.0 Å². The number of piperidine rings is 1. The summed E-state index contributed by atoms with van der Waals surface area (Å²) < 4.78 is 0. The Balaban J connectivity index is 1.88. The van der Waals surface area contributed by atoms with Gasteiger partial charge in [-0.1, -0.05) is 13.8 Å². The van der Waals surface area contributed by atoms with Crippen molar-refractivity contribution in [1.29, 1.82) is 0 Å². The molecule has 0 aromatic carbocycles. The second-order valence-corrected chi connectivity index (χ2v) is 6.53. The molecule has 102 valence electrons. The van der Waals surface area contributed by atoms with Crippen molar-refractivity contribution in [3.05, 3.63) is 0 Å². The third-order valence-corrected chi connectivity index (χ3v) is 4.56. The zero-order valence-corrected chi connectivity index (χ0v) is 11.3. The van der Waals surface area contributed by atoms with Gasteiger partial charge >= 0.3 is 5.97 Å². The van der Waals surface area contributed by atoms with Gasteiger partial charge in [0, 0.05) is 19.0 Å². The predicted molar refractivity (Wildman–Crippen MR) is 68.1 cm³/mol. The molecule has 1 heterocycles. The number of rotatable bonds is 2. The minimum atomic E-state index is -0.745. The molecule has 1 aliphatic heterocycles. The van der Waals surface area contributed by atoms with Crippen LogP contribution in [-0.2, 0) is 9.59 Å². The predicted octanol–water partition coefficient (Wildman–Crippen LogP) is 2.14. The Kier molecular flexibility index (Phi) is 3.64. The Morgan fingerprint density at radius 2 is 1.67 bits per heavy atom. The lowest BCUT2D eigenvalue weighted by atomic mass is 9.82. The Hall–Kier alpha value is -1.06. The maximum Gasteiger partial charge on any atom is 0.306 e. The molecular weight excluding hydrogens is 230 g/mol. The molecule has 4 nitrogen and oxygen atoms in total. The molecule has 1 amide bonds. The number of amides is 1. The third-order valence-electron chi connectivity index (χ3n) is 4.56. The van der Waals surface area contributed by atoms with E-state index in [1.165, 1.54) is 0 Å². The number of hydrogen-bond donors (Lipinski definition) is 1. The van der Waals surface area contributed by atoms with Crippen LogP contribution in [0.15, 0.2) is 0 Å². The van der Waals surface area contributed by atoms with Crippen LogP contribution in [0.2, 0.25) is 0 Å². The van der Waals surface area contributed by atoms with Gasteiger partial charge in [-0.05, 0) is 37.5 Å². The first-order valence-corrected chi connectivity index (χ1v) is 6.91. The summed E-state index contributed by atoms with van der Waals surface area (Å²) in [5.41, 5.74) is 0.343. The van der Waals surface area contributed by atoms with E-state index in [2.05, 4.69) is 13.8 Å². The summed E-state index contributed by atoms with van der Waals surface area (Å²) in [5.74, 6) is -0.910. The molecule has 0 radical (unpaired) electrons. The summed E-state index contributed by atoms with van der Waals surface area (Å²) in [5, 5.41) is 8.97. The van der Waals surface area contributed by atoms with Gasteiger partial charge in [0.05, 0.1) is 5.92 Å². The highest BCUT2D eigenvalue weighted by Crippen LogP contribution is 2.35. The van der Waals surface area contributed by atoms with Crippen LogP contribution in [-0.4, -0.2) is 35.0 Å². The number of hydrogen-bond acceptors (Lipinski definition) is 2. The van der Waals surface area contributed by atoms with E-state index in [-0.39, 0.29) is 17.7 Å². The number of carboxylic acid groups (broad SMARTS) is 1.